The number of aliphatic imine (C=N–C) groups is 1. The molecule has 0 aliphatic heterocycles. The van der Waals surface area contributed by atoms with Gasteiger partial charge in [0.2, 0.25) is 0 Å². The topological polar surface area (TPSA) is 133 Å². The maximum absolute atomic E-state index is 12.1. The van der Waals surface area contributed by atoms with Crippen molar-refractivity contribution in [1.82, 2.24) is 15.1 Å². The first kappa shape index (κ1) is 26.5. The summed E-state index contributed by atoms with van der Waals surface area (Å²) >= 11 is 0. The van der Waals surface area contributed by atoms with Crippen molar-refractivity contribution in [3.05, 3.63) is 90.0 Å². The molecular weight excluding hydrogens is 442 g/mol. The van der Waals surface area contributed by atoms with E-state index in [1.54, 1.807) is 57.4 Å². The fourth-order valence-electron chi connectivity index (χ4n) is 3.01. The number of hydrogen-bond donors (Lipinski definition) is 2. The van der Waals surface area contributed by atoms with Crippen LogP contribution in [0.15, 0.2) is 76.8 Å². The van der Waals surface area contributed by atoms with Crippen LogP contribution in [0.1, 0.15) is 47.6 Å². The highest BCUT2D eigenvalue weighted by molar-refractivity contribution is 6.04. The molecule has 0 bridgehead atoms. The fourth-order valence-corrected chi connectivity index (χ4v) is 3.01. The quantitative estimate of drug-likeness (QED) is 0.376. The molecule has 0 atom stereocenters. The van der Waals surface area contributed by atoms with Gasteiger partial charge in [-0.05, 0) is 49.2 Å². The van der Waals surface area contributed by atoms with E-state index in [1.165, 1.54) is 4.90 Å². The first-order valence-corrected chi connectivity index (χ1v) is 10.8. The van der Waals surface area contributed by atoms with E-state index in [4.69, 9.17) is 20.4 Å². The van der Waals surface area contributed by atoms with Gasteiger partial charge in [0.1, 0.15) is 5.70 Å². The molecule has 9 heteroatoms. The number of nitrogens with one attached hydrogen (secondary N) is 1. The summed E-state index contributed by atoms with van der Waals surface area (Å²) in [5.74, 6) is 0.0976. The molecule has 2 aromatic carbocycles. The first-order valence-electron chi connectivity index (χ1n) is 10.8. The summed E-state index contributed by atoms with van der Waals surface area (Å²) in [4.78, 5) is 18.4. The van der Waals surface area contributed by atoms with E-state index < -0.39 is 0 Å². The lowest BCUT2D eigenvalue weighted by atomic mass is 10.0. The number of benzene rings is 2. The highest BCUT2D eigenvalue weighted by Gasteiger charge is 2.15. The van der Waals surface area contributed by atoms with Crippen molar-refractivity contribution in [2.45, 2.75) is 20.3 Å². The van der Waals surface area contributed by atoms with Crippen molar-refractivity contribution in [1.29, 1.82) is 5.26 Å². The third kappa shape index (κ3) is 6.88. The number of nitriles is 1. The Balaban J connectivity index is 0.00000210. The molecule has 35 heavy (non-hydrogen) atoms. The monoisotopic (exact) mass is 471 g/mol. The second-order valence-corrected chi connectivity index (χ2v) is 7.45. The molecule has 0 saturated carbocycles. The Hall–Kier alpha value is -4.71. The normalized spacial score (nSPS) is 11.5. The fraction of sp³-hybridized carbons (Fsp3) is 0.192. The average Bonchev–Trinajstić information content (AvgIpc) is 3.33. The minimum atomic E-state index is -0.0684. The molecule has 3 N–H and O–H groups in total. The number of amides is 1. The summed E-state index contributed by atoms with van der Waals surface area (Å²) in [6, 6.07) is 16.4. The van der Waals surface area contributed by atoms with Crippen LogP contribution >= 0.6 is 0 Å². The Morgan fingerprint density at radius 2 is 1.83 bits per heavy atom. The molecule has 1 aromatic heterocycles. The van der Waals surface area contributed by atoms with Crippen LogP contribution in [0.4, 0.5) is 11.7 Å². The van der Waals surface area contributed by atoms with Gasteiger partial charge < -0.3 is 20.4 Å². The number of rotatable bonds is 7. The Morgan fingerprint density at radius 1 is 1.17 bits per heavy atom. The summed E-state index contributed by atoms with van der Waals surface area (Å²) in [5, 5.41) is 20.1. The largest absolute Gasteiger partial charge is 0.401 e. The molecule has 9 nitrogen and oxygen atoms in total. The van der Waals surface area contributed by atoms with Crippen LogP contribution in [0, 0.1) is 11.3 Å². The summed E-state index contributed by atoms with van der Waals surface area (Å²) in [7, 11) is 3.42. The number of anilines is 2. The van der Waals surface area contributed by atoms with E-state index in [1.807, 2.05) is 19.1 Å². The van der Waals surface area contributed by atoms with E-state index in [-0.39, 0.29) is 17.8 Å². The summed E-state index contributed by atoms with van der Waals surface area (Å²) in [6.45, 7) is 9.68. The van der Waals surface area contributed by atoms with Crippen LogP contribution in [0.25, 0.3) is 5.70 Å². The Morgan fingerprint density at radius 3 is 2.40 bits per heavy atom. The standard InChI is InChI=1S/C24H25N7O2.C2H4/c1-5-20(17-9-11-18(12-10-17)23(32)31(3)4)28-21(15(2)26)22-29-30-24(33-22)27-19-8-6-7-16(13-19)14-25;1-2/h6-13H,5,26H2,1-4H3,(H,27,30);1-2H2/b21-15+,28-20?;. The van der Waals surface area contributed by atoms with Crippen LogP contribution in [-0.4, -0.2) is 40.8 Å². The van der Waals surface area contributed by atoms with Gasteiger partial charge in [-0.2, -0.15) is 5.26 Å². The predicted octanol–water partition coefficient (Wildman–Crippen LogP) is 4.74. The molecule has 0 fully saturated rings. The van der Waals surface area contributed by atoms with Gasteiger partial charge in [0.25, 0.3) is 11.8 Å². The molecule has 0 unspecified atom stereocenters. The molecule has 0 aliphatic carbocycles. The summed E-state index contributed by atoms with van der Waals surface area (Å²) in [5.41, 5.74) is 10.2. The maximum Gasteiger partial charge on any atom is 0.320 e. The molecule has 180 valence electrons. The van der Waals surface area contributed by atoms with E-state index in [2.05, 4.69) is 34.7 Å². The lowest BCUT2D eigenvalue weighted by molar-refractivity contribution is 0.0827. The Bertz CT molecular complexity index is 1260. The second-order valence-electron chi connectivity index (χ2n) is 7.45. The molecule has 3 aromatic rings. The minimum Gasteiger partial charge on any atom is -0.401 e. The van der Waals surface area contributed by atoms with Crippen molar-refractivity contribution in [3.8, 4) is 6.07 Å². The molecule has 3 rings (SSSR count). The van der Waals surface area contributed by atoms with E-state index >= 15 is 0 Å². The van der Waals surface area contributed by atoms with Gasteiger partial charge in [-0.25, -0.2) is 4.99 Å². The van der Waals surface area contributed by atoms with Crippen molar-refractivity contribution < 1.29 is 9.21 Å². The van der Waals surface area contributed by atoms with Gasteiger partial charge in [-0.1, -0.05) is 30.2 Å². The minimum absolute atomic E-state index is 0.0684. The van der Waals surface area contributed by atoms with Gasteiger partial charge in [0.05, 0.1) is 11.6 Å². The second kappa shape index (κ2) is 12.5. The third-order valence-corrected chi connectivity index (χ3v) is 4.70. The predicted molar refractivity (Wildman–Crippen MR) is 138 cm³/mol. The van der Waals surface area contributed by atoms with Crippen LogP contribution in [0.5, 0.6) is 0 Å². The van der Waals surface area contributed by atoms with Gasteiger partial charge in [0.15, 0.2) is 0 Å². The first-order chi connectivity index (χ1) is 16.8. The van der Waals surface area contributed by atoms with Crippen molar-refractivity contribution in [2.75, 3.05) is 19.4 Å². The number of aromatic nitrogens is 2. The highest BCUT2D eigenvalue weighted by Crippen LogP contribution is 2.23. The van der Waals surface area contributed by atoms with Crippen LogP contribution < -0.4 is 11.1 Å². The lowest BCUT2D eigenvalue weighted by Gasteiger charge is -2.11. The molecule has 0 saturated heterocycles. The van der Waals surface area contributed by atoms with Crippen LogP contribution in [-0.2, 0) is 0 Å². The highest BCUT2D eigenvalue weighted by atomic mass is 16.4. The number of hydrogen-bond acceptors (Lipinski definition) is 8. The zero-order valence-electron chi connectivity index (χ0n) is 20.4. The molecule has 1 heterocycles. The number of carbonyl (C=O) groups is 1. The van der Waals surface area contributed by atoms with Crippen molar-refractivity contribution >= 4 is 29.0 Å². The van der Waals surface area contributed by atoms with Crippen LogP contribution in [0.2, 0.25) is 0 Å². The number of nitrogens with zero attached hydrogens (tertiary/aromatic N) is 5. The van der Waals surface area contributed by atoms with E-state index in [0.29, 0.717) is 34.6 Å². The Labute approximate surface area is 205 Å². The lowest BCUT2D eigenvalue weighted by Crippen LogP contribution is -2.21. The summed E-state index contributed by atoms with van der Waals surface area (Å²) < 4.78 is 5.73. The maximum atomic E-state index is 12.1. The average molecular weight is 472 g/mol. The van der Waals surface area contributed by atoms with Crippen LogP contribution in [0.3, 0.4) is 0 Å². The molecule has 0 radical (unpaired) electrons. The van der Waals surface area contributed by atoms with E-state index in [0.717, 1.165) is 11.3 Å². The van der Waals surface area contributed by atoms with Gasteiger partial charge >= 0.3 is 6.01 Å². The van der Waals surface area contributed by atoms with Crippen molar-refractivity contribution in [3.63, 3.8) is 0 Å². The van der Waals surface area contributed by atoms with Gasteiger partial charge in [0, 0.05) is 36.8 Å². The smallest absolute Gasteiger partial charge is 0.320 e. The zero-order valence-corrected chi connectivity index (χ0v) is 20.4. The zero-order chi connectivity index (χ0) is 26.0. The summed E-state index contributed by atoms with van der Waals surface area (Å²) in [6.07, 6.45) is 0.623. The molecule has 1 amide bonds. The number of allylic oxidation sites excluding steroid dienone is 1. The molecule has 0 aliphatic rings. The third-order valence-electron chi connectivity index (χ3n) is 4.70. The van der Waals surface area contributed by atoms with Gasteiger partial charge in [-0.15, -0.1) is 18.3 Å². The SMILES string of the molecule is C=C.CCC(=N/C(=C(\C)N)c1nnc(Nc2cccc(C#N)c2)o1)c1ccc(C(=O)N(C)C)cc1. The number of carbonyl (C=O) groups excluding carboxylic acids is 1. The van der Waals surface area contributed by atoms with Gasteiger partial charge in [-0.3, -0.25) is 4.79 Å². The molecular formula is C26H29N7O2. The Kier molecular flexibility index (Phi) is 9.49. The van der Waals surface area contributed by atoms with E-state index in [9.17, 15) is 4.79 Å². The van der Waals surface area contributed by atoms with Crippen molar-refractivity contribution in [2.24, 2.45) is 10.7 Å². The number of nitrogens with two attached hydrogens (primary N) is 1. The molecule has 0 spiro atoms.